The van der Waals surface area contributed by atoms with Crippen molar-refractivity contribution in [2.75, 3.05) is 20.7 Å². The number of fused-ring (bicyclic) bond motifs is 1. The molecule has 2 aromatic rings. The summed E-state index contributed by atoms with van der Waals surface area (Å²) in [5.41, 5.74) is 1.51. The predicted molar refractivity (Wildman–Crippen MR) is 88.1 cm³/mol. The Morgan fingerprint density at radius 1 is 1.43 bits per heavy atom. The number of carbonyl (C=O) groups is 1. The quantitative estimate of drug-likeness (QED) is 0.860. The van der Waals surface area contributed by atoms with Crippen LogP contribution in [0.3, 0.4) is 0 Å². The lowest BCUT2D eigenvalue weighted by Gasteiger charge is -2.26. The lowest BCUT2D eigenvalue weighted by molar-refractivity contribution is 0.0775. The number of hydrogen-bond donors (Lipinski definition) is 0. The molecule has 122 valence electrons. The molecule has 2 heterocycles. The number of carbonyl (C=O) groups excluding carboxylic acids is 1. The van der Waals surface area contributed by atoms with Crippen LogP contribution in [0.5, 0.6) is 5.88 Å². The number of thiazole rings is 1. The van der Waals surface area contributed by atoms with E-state index in [9.17, 15) is 4.79 Å². The van der Waals surface area contributed by atoms with Crippen LogP contribution in [0.15, 0.2) is 12.1 Å². The minimum absolute atomic E-state index is 0.126. The van der Waals surface area contributed by atoms with Crippen LogP contribution in [0.2, 0.25) is 0 Å². The molecular weight excluding hydrogens is 312 g/mol. The Labute approximate surface area is 139 Å². The van der Waals surface area contributed by atoms with Gasteiger partial charge < -0.3 is 9.64 Å². The normalized spacial score (nSPS) is 16.7. The van der Waals surface area contributed by atoms with E-state index in [2.05, 4.69) is 15.2 Å². The van der Waals surface area contributed by atoms with Crippen LogP contribution in [0.25, 0.3) is 0 Å². The summed E-state index contributed by atoms with van der Waals surface area (Å²) >= 11 is 1.78. The molecule has 0 spiro atoms. The molecule has 0 bridgehead atoms. The Kier molecular flexibility index (Phi) is 4.56. The highest BCUT2D eigenvalue weighted by Crippen LogP contribution is 2.35. The van der Waals surface area contributed by atoms with E-state index < -0.39 is 0 Å². The van der Waals surface area contributed by atoms with E-state index in [0.29, 0.717) is 24.0 Å². The van der Waals surface area contributed by atoms with Crippen molar-refractivity contribution >= 4 is 17.2 Å². The van der Waals surface area contributed by atoms with E-state index in [0.717, 1.165) is 24.3 Å². The van der Waals surface area contributed by atoms with Crippen molar-refractivity contribution < 1.29 is 9.53 Å². The van der Waals surface area contributed by atoms with Gasteiger partial charge in [0.15, 0.2) is 5.69 Å². The third-order valence-electron chi connectivity index (χ3n) is 4.09. The van der Waals surface area contributed by atoms with E-state index in [1.165, 1.54) is 17.7 Å². The van der Waals surface area contributed by atoms with E-state index in [1.807, 2.05) is 14.0 Å². The van der Waals surface area contributed by atoms with Crippen molar-refractivity contribution in [3.05, 3.63) is 33.4 Å². The third kappa shape index (κ3) is 3.34. The smallest absolute Gasteiger partial charge is 0.274 e. The zero-order chi connectivity index (χ0) is 16.4. The van der Waals surface area contributed by atoms with Crippen LogP contribution < -0.4 is 4.74 Å². The fraction of sp³-hybridized carbons (Fsp3) is 0.500. The van der Waals surface area contributed by atoms with Gasteiger partial charge in [-0.1, -0.05) is 0 Å². The van der Waals surface area contributed by atoms with Gasteiger partial charge in [-0.15, -0.1) is 21.5 Å². The number of methoxy groups -OCH3 is 1. The Bertz CT molecular complexity index is 699. The van der Waals surface area contributed by atoms with Gasteiger partial charge in [-0.25, -0.2) is 4.98 Å². The molecule has 0 unspecified atom stereocenters. The Morgan fingerprint density at radius 3 is 2.96 bits per heavy atom. The number of aromatic nitrogens is 3. The zero-order valence-electron chi connectivity index (χ0n) is 13.6. The van der Waals surface area contributed by atoms with Crippen LogP contribution >= 0.6 is 11.3 Å². The summed E-state index contributed by atoms with van der Waals surface area (Å²) in [5.74, 6) is 0.585. The van der Waals surface area contributed by atoms with Gasteiger partial charge >= 0.3 is 0 Å². The van der Waals surface area contributed by atoms with Gasteiger partial charge in [-0.3, -0.25) is 4.79 Å². The molecule has 1 amide bonds. The number of hydrogen-bond acceptors (Lipinski definition) is 6. The van der Waals surface area contributed by atoms with Gasteiger partial charge in [-0.05, 0) is 32.3 Å². The predicted octanol–water partition coefficient (Wildman–Crippen LogP) is 2.44. The number of amides is 1. The monoisotopic (exact) mass is 332 g/mol. The third-order valence-corrected chi connectivity index (χ3v) is 5.13. The SMILES string of the molecule is COc1ccc(C(=O)N(C)C[C@H]2CCCc3sc(C)nc32)nn1. The van der Waals surface area contributed by atoms with E-state index in [4.69, 9.17) is 4.74 Å². The Morgan fingerprint density at radius 2 is 2.26 bits per heavy atom. The summed E-state index contributed by atoms with van der Waals surface area (Å²) in [5, 5.41) is 8.90. The molecule has 0 N–H and O–H groups in total. The molecule has 0 aromatic carbocycles. The van der Waals surface area contributed by atoms with E-state index >= 15 is 0 Å². The van der Waals surface area contributed by atoms with E-state index in [-0.39, 0.29) is 5.91 Å². The van der Waals surface area contributed by atoms with Crippen molar-refractivity contribution in [1.82, 2.24) is 20.1 Å². The van der Waals surface area contributed by atoms with Crippen LogP contribution in [0.1, 0.15) is 44.8 Å². The highest BCUT2D eigenvalue weighted by molar-refractivity contribution is 7.11. The van der Waals surface area contributed by atoms with E-state index in [1.54, 1.807) is 28.4 Å². The van der Waals surface area contributed by atoms with Crippen LogP contribution in [0, 0.1) is 6.92 Å². The average Bonchev–Trinajstić information content (AvgIpc) is 2.95. The summed E-state index contributed by atoms with van der Waals surface area (Å²) in [4.78, 5) is 20.3. The summed E-state index contributed by atoms with van der Waals surface area (Å²) in [6.45, 7) is 2.70. The molecule has 0 aliphatic heterocycles. The lowest BCUT2D eigenvalue weighted by Crippen LogP contribution is -2.33. The lowest BCUT2D eigenvalue weighted by atomic mass is 9.90. The van der Waals surface area contributed by atoms with Gasteiger partial charge in [0.25, 0.3) is 5.91 Å². The Hall–Kier alpha value is -2.02. The number of ether oxygens (including phenoxy) is 1. The average molecular weight is 332 g/mol. The summed E-state index contributed by atoms with van der Waals surface area (Å²) in [6.07, 6.45) is 3.34. The van der Waals surface area contributed by atoms with Gasteiger partial charge in [0, 0.05) is 30.5 Å². The topological polar surface area (TPSA) is 68.2 Å². The van der Waals surface area contributed by atoms with Crippen molar-refractivity contribution in [2.45, 2.75) is 32.1 Å². The largest absolute Gasteiger partial charge is 0.480 e. The number of aryl methyl sites for hydroxylation is 2. The summed E-state index contributed by atoms with van der Waals surface area (Å²) in [7, 11) is 3.33. The second kappa shape index (κ2) is 6.62. The van der Waals surface area contributed by atoms with Crippen LogP contribution in [-0.2, 0) is 6.42 Å². The first-order valence-electron chi connectivity index (χ1n) is 7.68. The Balaban J connectivity index is 1.71. The number of rotatable bonds is 4. The molecule has 0 radical (unpaired) electrons. The van der Waals surface area contributed by atoms with Gasteiger partial charge in [0.1, 0.15) is 0 Å². The highest BCUT2D eigenvalue weighted by Gasteiger charge is 2.27. The molecule has 23 heavy (non-hydrogen) atoms. The standard InChI is InChI=1S/C16H20N4O2S/c1-10-17-15-11(5-4-6-13(15)23-10)9-20(2)16(21)12-7-8-14(22-3)19-18-12/h7-8,11H,4-6,9H2,1-3H3/t11-/m1/s1. The minimum Gasteiger partial charge on any atom is -0.480 e. The molecule has 0 saturated heterocycles. The maximum atomic E-state index is 12.5. The molecular formula is C16H20N4O2S. The maximum absolute atomic E-state index is 12.5. The first-order chi connectivity index (χ1) is 11.1. The fourth-order valence-corrected chi connectivity index (χ4v) is 4.02. The molecule has 2 aromatic heterocycles. The molecule has 1 atom stereocenters. The molecule has 1 aliphatic rings. The summed E-state index contributed by atoms with van der Waals surface area (Å²) in [6, 6.07) is 3.29. The zero-order valence-corrected chi connectivity index (χ0v) is 14.4. The molecule has 6 nitrogen and oxygen atoms in total. The summed E-state index contributed by atoms with van der Waals surface area (Å²) < 4.78 is 4.97. The molecule has 0 saturated carbocycles. The fourth-order valence-electron chi connectivity index (χ4n) is 2.96. The molecule has 3 rings (SSSR count). The van der Waals surface area contributed by atoms with Crippen molar-refractivity contribution in [2.24, 2.45) is 0 Å². The first-order valence-corrected chi connectivity index (χ1v) is 8.49. The second-order valence-electron chi connectivity index (χ2n) is 5.78. The van der Waals surface area contributed by atoms with Crippen molar-refractivity contribution in [3.63, 3.8) is 0 Å². The van der Waals surface area contributed by atoms with Crippen LogP contribution in [-0.4, -0.2) is 46.7 Å². The molecule has 0 fully saturated rings. The molecule has 7 heteroatoms. The second-order valence-corrected chi connectivity index (χ2v) is 7.06. The number of nitrogens with zero attached hydrogens (tertiary/aromatic N) is 4. The van der Waals surface area contributed by atoms with Crippen molar-refractivity contribution in [3.8, 4) is 5.88 Å². The van der Waals surface area contributed by atoms with Crippen molar-refractivity contribution in [1.29, 1.82) is 0 Å². The number of likely N-dealkylation sites (N-methyl/N-ethyl adjacent to an activating group) is 1. The van der Waals surface area contributed by atoms with Gasteiger partial charge in [-0.2, -0.15) is 0 Å². The highest BCUT2D eigenvalue weighted by atomic mass is 32.1. The van der Waals surface area contributed by atoms with Gasteiger partial charge in [0.05, 0.1) is 17.8 Å². The first kappa shape index (κ1) is 15.9. The molecule has 1 aliphatic carbocycles. The van der Waals surface area contributed by atoms with Crippen LogP contribution in [0.4, 0.5) is 0 Å². The maximum Gasteiger partial charge on any atom is 0.274 e. The minimum atomic E-state index is -0.126. The van der Waals surface area contributed by atoms with Gasteiger partial charge in [0.2, 0.25) is 5.88 Å².